The first-order valence-electron chi connectivity index (χ1n) is 6.22. The van der Waals surface area contributed by atoms with Gasteiger partial charge in [0, 0.05) is 30.2 Å². The van der Waals surface area contributed by atoms with Gasteiger partial charge in [0.15, 0.2) is 0 Å². The zero-order chi connectivity index (χ0) is 14.7. The van der Waals surface area contributed by atoms with Crippen molar-refractivity contribution in [3.8, 4) is 0 Å². The summed E-state index contributed by atoms with van der Waals surface area (Å²) in [5.74, 6) is 0. The van der Waals surface area contributed by atoms with E-state index in [2.05, 4.69) is 5.32 Å². The number of hydrogen-bond donors (Lipinski definition) is 2. The molecule has 0 radical (unpaired) electrons. The van der Waals surface area contributed by atoms with Gasteiger partial charge in [-0.2, -0.15) is 0 Å². The van der Waals surface area contributed by atoms with E-state index in [-0.39, 0.29) is 11.7 Å². The van der Waals surface area contributed by atoms with Gasteiger partial charge in [0.2, 0.25) is 0 Å². The molecule has 0 bridgehead atoms. The molecule has 1 aromatic rings. The number of anilines is 1. The number of nitrogens with two attached hydrogens (primary N) is 1. The molecule has 1 aliphatic heterocycles. The number of nitrogens with one attached hydrogen (secondary N) is 1. The van der Waals surface area contributed by atoms with Gasteiger partial charge in [-0.3, -0.25) is 10.1 Å². The highest BCUT2D eigenvalue weighted by Gasteiger charge is 2.23. The van der Waals surface area contributed by atoms with E-state index < -0.39 is 11.0 Å². The molecule has 0 saturated carbocycles. The van der Waals surface area contributed by atoms with Gasteiger partial charge in [-0.25, -0.2) is 4.79 Å². The standard InChI is InChI=1S/C12H15ClN4O3/c13-8-1-2-11(17(19)20)10(7-8)15-9-3-5-16(6-4-9)12(14)18/h1-2,7,9,15H,3-6H2,(H2,14,18). The fourth-order valence-corrected chi connectivity index (χ4v) is 2.42. The second-order valence-corrected chi connectivity index (χ2v) is 5.10. The molecule has 3 N–H and O–H groups in total. The number of nitro benzene ring substituents is 1. The van der Waals surface area contributed by atoms with Crippen LogP contribution in [0, 0.1) is 10.1 Å². The normalized spacial score (nSPS) is 15.9. The zero-order valence-corrected chi connectivity index (χ0v) is 11.5. The van der Waals surface area contributed by atoms with Gasteiger partial charge in [0.1, 0.15) is 5.69 Å². The number of piperidine rings is 1. The Hall–Kier alpha value is -2.02. The molecule has 0 aliphatic carbocycles. The summed E-state index contributed by atoms with van der Waals surface area (Å²) >= 11 is 5.87. The van der Waals surface area contributed by atoms with Crippen LogP contribution < -0.4 is 11.1 Å². The van der Waals surface area contributed by atoms with E-state index in [4.69, 9.17) is 17.3 Å². The third-order valence-corrected chi connectivity index (χ3v) is 3.56. The summed E-state index contributed by atoms with van der Waals surface area (Å²) in [6, 6.07) is 4.03. The number of nitrogens with zero attached hydrogens (tertiary/aromatic N) is 2. The Morgan fingerprint density at radius 3 is 2.65 bits per heavy atom. The second kappa shape index (κ2) is 5.96. The van der Waals surface area contributed by atoms with Crippen molar-refractivity contribution in [3.63, 3.8) is 0 Å². The third kappa shape index (κ3) is 3.30. The van der Waals surface area contributed by atoms with Crippen LogP contribution in [0.5, 0.6) is 0 Å². The largest absolute Gasteiger partial charge is 0.377 e. The molecule has 8 heteroatoms. The predicted octanol–water partition coefficient (Wildman–Crippen LogP) is 2.20. The maximum Gasteiger partial charge on any atom is 0.314 e. The van der Waals surface area contributed by atoms with Gasteiger partial charge in [-0.05, 0) is 25.0 Å². The van der Waals surface area contributed by atoms with Crippen LogP contribution in [-0.2, 0) is 0 Å². The maximum atomic E-state index is 11.0. The molecule has 0 aromatic heterocycles. The number of nitro groups is 1. The van der Waals surface area contributed by atoms with Crippen LogP contribution >= 0.6 is 11.6 Å². The molecule has 2 amide bonds. The number of carbonyl (C=O) groups excluding carboxylic acids is 1. The summed E-state index contributed by atoms with van der Waals surface area (Å²) in [7, 11) is 0. The fourth-order valence-electron chi connectivity index (χ4n) is 2.25. The minimum atomic E-state index is -0.447. The van der Waals surface area contributed by atoms with E-state index >= 15 is 0 Å². The van der Waals surface area contributed by atoms with Crippen molar-refractivity contribution in [2.75, 3.05) is 18.4 Å². The van der Waals surface area contributed by atoms with Crippen molar-refractivity contribution in [1.29, 1.82) is 0 Å². The monoisotopic (exact) mass is 298 g/mol. The first kappa shape index (κ1) is 14.4. The van der Waals surface area contributed by atoms with Gasteiger partial charge < -0.3 is 16.0 Å². The number of likely N-dealkylation sites (tertiary alicyclic amines) is 1. The van der Waals surface area contributed by atoms with Gasteiger partial charge in [0.25, 0.3) is 5.69 Å². The molecule has 20 heavy (non-hydrogen) atoms. The fraction of sp³-hybridized carbons (Fsp3) is 0.417. The van der Waals surface area contributed by atoms with Crippen LogP contribution in [-0.4, -0.2) is 35.0 Å². The molecule has 1 aliphatic rings. The van der Waals surface area contributed by atoms with Crippen LogP contribution in [0.25, 0.3) is 0 Å². The van der Waals surface area contributed by atoms with Gasteiger partial charge in [-0.15, -0.1) is 0 Å². The van der Waals surface area contributed by atoms with E-state index in [0.717, 1.165) is 0 Å². The number of benzene rings is 1. The molecule has 7 nitrogen and oxygen atoms in total. The molecule has 1 fully saturated rings. The molecular weight excluding hydrogens is 284 g/mol. The number of urea groups is 1. The lowest BCUT2D eigenvalue weighted by Crippen LogP contribution is -2.44. The number of halogens is 1. The SMILES string of the molecule is NC(=O)N1CCC(Nc2cc(Cl)ccc2[N+](=O)[O-])CC1. The van der Waals surface area contributed by atoms with E-state index in [0.29, 0.717) is 36.6 Å². The Morgan fingerprint density at radius 1 is 1.45 bits per heavy atom. The lowest BCUT2D eigenvalue weighted by molar-refractivity contribution is -0.384. The minimum absolute atomic E-state index is 0.00766. The lowest BCUT2D eigenvalue weighted by Gasteiger charge is -2.31. The van der Waals surface area contributed by atoms with Gasteiger partial charge in [-0.1, -0.05) is 11.6 Å². The molecule has 108 valence electrons. The van der Waals surface area contributed by atoms with Crippen LogP contribution in [0.3, 0.4) is 0 Å². The second-order valence-electron chi connectivity index (χ2n) is 4.66. The molecule has 2 rings (SSSR count). The lowest BCUT2D eigenvalue weighted by atomic mass is 10.0. The summed E-state index contributed by atoms with van der Waals surface area (Å²) in [4.78, 5) is 23.1. The summed E-state index contributed by atoms with van der Waals surface area (Å²) in [6.07, 6.45) is 1.37. The summed E-state index contributed by atoms with van der Waals surface area (Å²) < 4.78 is 0. The Labute approximate surface area is 120 Å². The highest BCUT2D eigenvalue weighted by atomic mass is 35.5. The quantitative estimate of drug-likeness (QED) is 0.659. The summed E-state index contributed by atoms with van der Waals surface area (Å²) in [6.45, 7) is 1.09. The number of hydrogen-bond acceptors (Lipinski definition) is 4. The predicted molar refractivity (Wildman–Crippen MR) is 75.9 cm³/mol. The highest BCUT2D eigenvalue weighted by Crippen LogP contribution is 2.29. The molecule has 0 spiro atoms. The molecule has 1 saturated heterocycles. The van der Waals surface area contributed by atoms with Crippen molar-refractivity contribution >= 4 is 29.0 Å². The van der Waals surface area contributed by atoms with Crippen molar-refractivity contribution in [2.45, 2.75) is 18.9 Å². The average Bonchev–Trinajstić information content (AvgIpc) is 2.39. The zero-order valence-electron chi connectivity index (χ0n) is 10.7. The molecule has 0 unspecified atom stereocenters. The van der Waals surface area contributed by atoms with E-state index in [1.165, 1.54) is 12.1 Å². The minimum Gasteiger partial charge on any atom is -0.377 e. The number of rotatable bonds is 3. The topological polar surface area (TPSA) is 102 Å². The highest BCUT2D eigenvalue weighted by molar-refractivity contribution is 6.31. The summed E-state index contributed by atoms with van der Waals surface area (Å²) in [5.41, 5.74) is 5.60. The van der Waals surface area contributed by atoms with Crippen LogP contribution in [0.4, 0.5) is 16.2 Å². The number of primary amides is 1. The number of carbonyl (C=O) groups is 1. The van der Waals surface area contributed by atoms with Gasteiger partial charge >= 0.3 is 6.03 Å². The Bertz CT molecular complexity index is 529. The average molecular weight is 299 g/mol. The molecule has 1 aromatic carbocycles. The Kier molecular flexibility index (Phi) is 4.29. The molecular formula is C12H15ClN4O3. The van der Waals surface area contributed by atoms with Crippen LogP contribution in [0.15, 0.2) is 18.2 Å². The maximum absolute atomic E-state index is 11.0. The van der Waals surface area contributed by atoms with Crippen LogP contribution in [0.2, 0.25) is 5.02 Å². The first-order valence-corrected chi connectivity index (χ1v) is 6.60. The smallest absolute Gasteiger partial charge is 0.314 e. The first-order chi connectivity index (χ1) is 9.47. The van der Waals surface area contributed by atoms with Crippen molar-refractivity contribution in [1.82, 2.24) is 4.90 Å². The van der Waals surface area contributed by atoms with Crippen molar-refractivity contribution in [2.24, 2.45) is 5.73 Å². The van der Waals surface area contributed by atoms with Crippen molar-refractivity contribution in [3.05, 3.63) is 33.3 Å². The molecule has 1 heterocycles. The van der Waals surface area contributed by atoms with Crippen molar-refractivity contribution < 1.29 is 9.72 Å². The number of amides is 2. The van der Waals surface area contributed by atoms with Gasteiger partial charge in [0.05, 0.1) is 4.92 Å². The third-order valence-electron chi connectivity index (χ3n) is 3.32. The van der Waals surface area contributed by atoms with Crippen LogP contribution in [0.1, 0.15) is 12.8 Å². The summed E-state index contributed by atoms with van der Waals surface area (Å²) in [5, 5.41) is 14.5. The Balaban J connectivity index is 2.06. The van der Waals surface area contributed by atoms with E-state index in [1.807, 2.05) is 0 Å². The van der Waals surface area contributed by atoms with E-state index in [1.54, 1.807) is 11.0 Å². The Morgan fingerprint density at radius 2 is 2.10 bits per heavy atom. The van der Waals surface area contributed by atoms with E-state index in [9.17, 15) is 14.9 Å². The molecule has 0 atom stereocenters.